The van der Waals surface area contributed by atoms with E-state index in [1.54, 1.807) is 36.4 Å². The number of hydrogen-bond acceptors (Lipinski definition) is 5. The summed E-state index contributed by atoms with van der Waals surface area (Å²) < 4.78 is 29.4. The molecule has 0 N–H and O–H groups in total. The van der Waals surface area contributed by atoms with Crippen molar-refractivity contribution in [3.63, 3.8) is 0 Å². The molecule has 46 heavy (non-hydrogen) atoms. The van der Waals surface area contributed by atoms with Crippen LogP contribution in [0.2, 0.25) is 0 Å². The zero-order chi connectivity index (χ0) is 31.1. The van der Waals surface area contributed by atoms with Gasteiger partial charge in [-0.05, 0) is 48.5 Å². The van der Waals surface area contributed by atoms with Gasteiger partial charge < -0.3 is 4.57 Å². The van der Waals surface area contributed by atoms with Crippen molar-refractivity contribution >= 4 is 31.6 Å². The molecule has 0 atom stereocenters. The largest absolute Gasteiger partial charge is 0.309 e. The molecule has 0 radical (unpaired) electrons. The van der Waals surface area contributed by atoms with Gasteiger partial charge in [0.15, 0.2) is 17.5 Å². The molecule has 220 valence electrons. The zero-order valence-corrected chi connectivity index (χ0v) is 25.3. The van der Waals surface area contributed by atoms with Crippen LogP contribution in [0.3, 0.4) is 0 Å². The number of rotatable bonds is 6. The first-order chi connectivity index (χ1) is 22.6. The average Bonchev–Trinajstić information content (AvgIpc) is 3.46. The Kier molecular flexibility index (Phi) is 6.73. The SMILES string of the molecule is O=S(=O)(c1ccccc1)c1ccc2c(c1)c1ccccc1n2-c1ccccc1-c1nc(-c2ccccc2)nc(-c2ccccc2)n1. The van der Waals surface area contributed by atoms with Crippen molar-refractivity contribution in [3.8, 4) is 39.9 Å². The van der Waals surface area contributed by atoms with E-state index in [9.17, 15) is 8.42 Å². The molecule has 2 aromatic heterocycles. The molecule has 0 aliphatic carbocycles. The highest BCUT2D eigenvalue weighted by Gasteiger charge is 2.22. The molecule has 0 aliphatic rings. The Bertz CT molecular complexity index is 2420. The van der Waals surface area contributed by atoms with Crippen LogP contribution in [-0.4, -0.2) is 27.9 Å². The topological polar surface area (TPSA) is 77.7 Å². The Morgan fingerprint density at radius 2 is 0.957 bits per heavy atom. The van der Waals surface area contributed by atoms with Crippen molar-refractivity contribution in [2.24, 2.45) is 0 Å². The number of aromatic nitrogens is 4. The minimum Gasteiger partial charge on any atom is -0.309 e. The summed E-state index contributed by atoms with van der Waals surface area (Å²) in [6.45, 7) is 0. The molecule has 0 saturated heterocycles. The summed E-state index contributed by atoms with van der Waals surface area (Å²) in [5.74, 6) is 1.70. The smallest absolute Gasteiger partial charge is 0.206 e. The van der Waals surface area contributed by atoms with E-state index in [2.05, 4.69) is 10.6 Å². The van der Waals surface area contributed by atoms with Gasteiger partial charge in [0, 0.05) is 27.5 Å². The van der Waals surface area contributed by atoms with Gasteiger partial charge in [0.05, 0.1) is 26.5 Å². The van der Waals surface area contributed by atoms with E-state index < -0.39 is 9.84 Å². The van der Waals surface area contributed by atoms with Crippen LogP contribution in [0.4, 0.5) is 0 Å². The molecule has 0 saturated carbocycles. The third-order valence-corrected chi connectivity index (χ3v) is 9.86. The van der Waals surface area contributed by atoms with Gasteiger partial charge in [-0.3, -0.25) is 0 Å². The van der Waals surface area contributed by atoms with Crippen molar-refractivity contribution < 1.29 is 8.42 Å². The Hall–Kier alpha value is -5.92. The van der Waals surface area contributed by atoms with Crippen molar-refractivity contribution in [2.75, 3.05) is 0 Å². The zero-order valence-electron chi connectivity index (χ0n) is 24.5. The molecule has 0 amide bonds. The van der Waals surface area contributed by atoms with Gasteiger partial charge in [0.1, 0.15) is 0 Å². The minimum atomic E-state index is -3.70. The van der Waals surface area contributed by atoms with Crippen LogP contribution in [0, 0.1) is 0 Å². The summed E-state index contributed by atoms with van der Waals surface area (Å²) in [5, 5.41) is 1.79. The van der Waals surface area contributed by atoms with E-state index in [1.165, 1.54) is 0 Å². The van der Waals surface area contributed by atoms with Crippen molar-refractivity contribution in [1.82, 2.24) is 19.5 Å². The molecule has 7 heteroatoms. The van der Waals surface area contributed by atoms with Gasteiger partial charge in [0.25, 0.3) is 0 Å². The molecule has 0 bridgehead atoms. The molecular formula is C39H26N4O2S. The third kappa shape index (κ3) is 4.74. The van der Waals surface area contributed by atoms with Crippen LogP contribution in [-0.2, 0) is 9.84 Å². The lowest BCUT2D eigenvalue weighted by atomic mass is 10.1. The fourth-order valence-electron chi connectivity index (χ4n) is 5.90. The summed E-state index contributed by atoms with van der Waals surface area (Å²) >= 11 is 0. The summed E-state index contributed by atoms with van der Waals surface area (Å²) in [4.78, 5) is 15.4. The predicted octanol–water partition coefficient (Wildman–Crippen LogP) is 8.80. The number of fused-ring (bicyclic) bond motifs is 3. The first kappa shape index (κ1) is 27.6. The fraction of sp³-hybridized carbons (Fsp3) is 0. The van der Waals surface area contributed by atoms with Crippen LogP contribution in [0.25, 0.3) is 61.7 Å². The fourth-order valence-corrected chi connectivity index (χ4v) is 7.21. The Morgan fingerprint density at radius 3 is 1.63 bits per heavy atom. The summed E-state index contributed by atoms with van der Waals surface area (Å²) in [5.41, 5.74) is 5.30. The van der Waals surface area contributed by atoms with Gasteiger partial charge in [-0.2, -0.15) is 0 Å². The highest BCUT2D eigenvalue weighted by Crippen LogP contribution is 2.37. The summed E-state index contributed by atoms with van der Waals surface area (Å²) in [7, 11) is -3.70. The number of hydrogen-bond donors (Lipinski definition) is 0. The van der Waals surface area contributed by atoms with Crippen LogP contribution >= 0.6 is 0 Å². The van der Waals surface area contributed by atoms with E-state index >= 15 is 0 Å². The second kappa shape index (κ2) is 11.2. The van der Waals surface area contributed by atoms with Crippen LogP contribution in [0.1, 0.15) is 0 Å². The van der Waals surface area contributed by atoms with Gasteiger partial charge in [-0.25, -0.2) is 23.4 Å². The molecule has 0 aliphatic heterocycles. The Morgan fingerprint density at radius 1 is 0.435 bits per heavy atom. The van der Waals surface area contributed by atoms with Crippen LogP contribution in [0.5, 0.6) is 0 Å². The quantitative estimate of drug-likeness (QED) is 0.187. The lowest BCUT2D eigenvalue weighted by Crippen LogP contribution is -2.04. The summed E-state index contributed by atoms with van der Waals surface area (Å²) in [6.07, 6.45) is 0. The van der Waals surface area contributed by atoms with Crippen molar-refractivity contribution in [1.29, 1.82) is 0 Å². The summed E-state index contributed by atoms with van der Waals surface area (Å²) in [6, 6.07) is 49.8. The average molecular weight is 615 g/mol. The predicted molar refractivity (Wildman–Crippen MR) is 182 cm³/mol. The maximum Gasteiger partial charge on any atom is 0.206 e. The Balaban J connectivity index is 1.36. The molecule has 0 spiro atoms. The second-order valence-corrected chi connectivity index (χ2v) is 12.9. The van der Waals surface area contributed by atoms with E-state index in [0.717, 1.165) is 44.2 Å². The van der Waals surface area contributed by atoms with E-state index in [1.807, 2.05) is 115 Å². The number of nitrogens with zero attached hydrogens (tertiary/aromatic N) is 4. The van der Waals surface area contributed by atoms with E-state index in [0.29, 0.717) is 17.5 Å². The monoisotopic (exact) mass is 614 g/mol. The highest BCUT2D eigenvalue weighted by molar-refractivity contribution is 7.91. The first-order valence-electron chi connectivity index (χ1n) is 14.9. The first-order valence-corrected chi connectivity index (χ1v) is 16.4. The van der Waals surface area contributed by atoms with Gasteiger partial charge >= 0.3 is 0 Å². The lowest BCUT2D eigenvalue weighted by Gasteiger charge is -2.14. The van der Waals surface area contributed by atoms with Crippen molar-refractivity contribution in [2.45, 2.75) is 9.79 Å². The number of benzene rings is 6. The van der Waals surface area contributed by atoms with E-state index in [-0.39, 0.29) is 9.79 Å². The van der Waals surface area contributed by atoms with Gasteiger partial charge in [-0.15, -0.1) is 0 Å². The minimum absolute atomic E-state index is 0.250. The second-order valence-electron chi connectivity index (χ2n) is 10.9. The highest BCUT2D eigenvalue weighted by atomic mass is 32.2. The van der Waals surface area contributed by atoms with Gasteiger partial charge in [-0.1, -0.05) is 109 Å². The maximum absolute atomic E-state index is 13.6. The van der Waals surface area contributed by atoms with Crippen LogP contribution in [0.15, 0.2) is 168 Å². The van der Waals surface area contributed by atoms with E-state index in [4.69, 9.17) is 15.0 Å². The van der Waals surface area contributed by atoms with Crippen molar-refractivity contribution in [3.05, 3.63) is 158 Å². The molecule has 0 fully saturated rings. The lowest BCUT2D eigenvalue weighted by molar-refractivity contribution is 0.596. The van der Waals surface area contributed by atoms with Crippen LogP contribution < -0.4 is 0 Å². The molecule has 8 rings (SSSR count). The molecule has 2 heterocycles. The number of para-hydroxylation sites is 2. The maximum atomic E-state index is 13.6. The third-order valence-electron chi connectivity index (χ3n) is 8.09. The molecule has 6 aromatic carbocycles. The Labute approximate surface area is 266 Å². The molecule has 8 aromatic rings. The number of sulfone groups is 1. The molecule has 6 nitrogen and oxygen atoms in total. The molecule has 0 unspecified atom stereocenters. The standard InChI is InChI=1S/C39H26N4O2S/c44-46(45,29-18-8-3-9-19-29)30-24-25-36-33(26-30)31-20-10-12-22-34(31)43(36)35-23-13-11-21-32(35)39-41-37(27-14-4-1-5-15-27)40-38(42-39)28-16-6-2-7-17-28/h1-26H. The molecular weight excluding hydrogens is 589 g/mol. The van der Waals surface area contributed by atoms with Gasteiger partial charge in [0.2, 0.25) is 9.84 Å². The normalized spacial score (nSPS) is 11.7.